The van der Waals surface area contributed by atoms with E-state index in [-0.39, 0.29) is 17.3 Å². The predicted molar refractivity (Wildman–Crippen MR) is 104 cm³/mol. The van der Waals surface area contributed by atoms with Crippen LogP contribution in [-0.2, 0) is 20.6 Å². The highest BCUT2D eigenvalue weighted by molar-refractivity contribution is 7.18. The van der Waals surface area contributed by atoms with E-state index in [0.29, 0.717) is 6.54 Å². The Morgan fingerprint density at radius 3 is 2.77 bits per heavy atom. The average Bonchev–Trinajstić information content (AvgIpc) is 3.09. The van der Waals surface area contributed by atoms with Crippen molar-refractivity contribution >= 4 is 21.6 Å². The Morgan fingerprint density at radius 1 is 1.15 bits per heavy atom. The summed E-state index contributed by atoms with van der Waals surface area (Å²) < 4.78 is 3.92. The fourth-order valence-corrected chi connectivity index (χ4v) is 4.77. The third kappa shape index (κ3) is 3.01. The fourth-order valence-electron chi connectivity index (χ4n) is 3.63. The molecule has 26 heavy (non-hydrogen) atoms. The first-order valence-corrected chi connectivity index (χ1v) is 9.71. The molecule has 1 aliphatic heterocycles. The van der Waals surface area contributed by atoms with Gasteiger partial charge in [-0.2, -0.15) is 0 Å². The molecule has 1 aromatic carbocycles. The van der Waals surface area contributed by atoms with Gasteiger partial charge in [0.1, 0.15) is 5.01 Å². The zero-order chi connectivity index (χ0) is 18.3. The van der Waals surface area contributed by atoms with Crippen LogP contribution in [0.4, 0.5) is 0 Å². The first kappa shape index (κ1) is 17.2. The summed E-state index contributed by atoms with van der Waals surface area (Å²) in [6, 6.07) is 10.0. The van der Waals surface area contributed by atoms with Crippen molar-refractivity contribution in [3.63, 3.8) is 0 Å². The molecule has 0 radical (unpaired) electrons. The minimum atomic E-state index is -0.277. The van der Waals surface area contributed by atoms with Gasteiger partial charge in [0, 0.05) is 32.4 Å². The zero-order valence-electron chi connectivity index (χ0n) is 15.0. The highest BCUT2D eigenvalue weighted by atomic mass is 32.1. The molecule has 4 rings (SSSR count). The standard InChI is InChI=1S/C19H22N4O2S/c1-21-13(11-17(24)22(2)19(21)25)12-23-10-6-5-8-15(23)18-20-14-7-3-4-9-16(14)26-18/h3-4,7,9,11,15H,5-6,8,10,12H2,1-2H3. The Balaban J connectivity index is 1.68. The second-order valence-electron chi connectivity index (χ2n) is 6.88. The van der Waals surface area contributed by atoms with Gasteiger partial charge in [-0.3, -0.25) is 18.8 Å². The fraction of sp³-hybridized carbons (Fsp3) is 0.421. The van der Waals surface area contributed by atoms with Crippen molar-refractivity contribution in [1.82, 2.24) is 19.0 Å². The number of aromatic nitrogens is 3. The summed E-state index contributed by atoms with van der Waals surface area (Å²) in [6.07, 6.45) is 3.35. The number of thiazole rings is 1. The van der Waals surface area contributed by atoms with E-state index in [4.69, 9.17) is 4.98 Å². The molecule has 1 unspecified atom stereocenters. The van der Waals surface area contributed by atoms with Crippen molar-refractivity contribution in [3.8, 4) is 0 Å². The van der Waals surface area contributed by atoms with Crippen LogP contribution in [0.3, 0.4) is 0 Å². The number of para-hydroxylation sites is 1. The Hall–Kier alpha value is -2.25. The molecule has 6 nitrogen and oxygen atoms in total. The molecule has 0 spiro atoms. The van der Waals surface area contributed by atoms with E-state index in [1.807, 2.05) is 18.2 Å². The molecule has 1 atom stereocenters. The molecule has 0 bridgehead atoms. The van der Waals surface area contributed by atoms with E-state index < -0.39 is 0 Å². The number of hydrogen-bond acceptors (Lipinski definition) is 5. The monoisotopic (exact) mass is 370 g/mol. The molecule has 0 N–H and O–H groups in total. The third-order valence-corrected chi connectivity index (χ3v) is 6.34. The van der Waals surface area contributed by atoms with Crippen LogP contribution in [-0.4, -0.2) is 25.6 Å². The normalized spacial score (nSPS) is 18.5. The number of benzene rings is 1. The average molecular weight is 370 g/mol. The SMILES string of the molecule is Cn1c(CN2CCCCC2c2nc3ccccc3s2)cc(=O)n(C)c1=O. The lowest BCUT2D eigenvalue weighted by Gasteiger charge is -2.34. The van der Waals surface area contributed by atoms with Crippen LogP contribution in [0.2, 0.25) is 0 Å². The van der Waals surface area contributed by atoms with E-state index in [1.165, 1.54) is 18.2 Å². The molecule has 3 heterocycles. The molecule has 0 aliphatic carbocycles. The summed E-state index contributed by atoms with van der Waals surface area (Å²) in [5, 5.41) is 1.12. The maximum absolute atomic E-state index is 12.2. The van der Waals surface area contributed by atoms with Gasteiger partial charge in [0.2, 0.25) is 0 Å². The van der Waals surface area contributed by atoms with Crippen molar-refractivity contribution < 1.29 is 0 Å². The number of nitrogens with zero attached hydrogens (tertiary/aromatic N) is 4. The van der Waals surface area contributed by atoms with Crippen LogP contribution < -0.4 is 11.2 Å². The van der Waals surface area contributed by atoms with Crippen LogP contribution >= 0.6 is 11.3 Å². The molecule has 2 aromatic heterocycles. The van der Waals surface area contributed by atoms with Crippen molar-refractivity contribution in [2.75, 3.05) is 6.54 Å². The number of fused-ring (bicyclic) bond motifs is 1. The maximum Gasteiger partial charge on any atom is 0.330 e. The lowest BCUT2D eigenvalue weighted by Crippen LogP contribution is -2.40. The lowest BCUT2D eigenvalue weighted by atomic mass is 10.0. The maximum atomic E-state index is 12.2. The van der Waals surface area contributed by atoms with E-state index in [0.717, 1.165) is 40.2 Å². The van der Waals surface area contributed by atoms with Crippen LogP contribution in [0.25, 0.3) is 10.2 Å². The highest BCUT2D eigenvalue weighted by Gasteiger charge is 2.27. The summed E-state index contributed by atoms with van der Waals surface area (Å²) in [7, 11) is 3.24. The number of likely N-dealkylation sites (tertiary alicyclic amines) is 1. The van der Waals surface area contributed by atoms with Gasteiger partial charge in [0.05, 0.1) is 16.3 Å². The van der Waals surface area contributed by atoms with E-state index in [1.54, 1.807) is 29.0 Å². The number of piperidine rings is 1. The van der Waals surface area contributed by atoms with Gasteiger partial charge < -0.3 is 0 Å². The molecule has 0 amide bonds. The molecule has 3 aromatic rings. The van der Waals surface area contributed by atoms with Crippen LogP contribution in [0.5, 0.6) is 0 Å². The zero-order valence-corrected chi connectivity index (χ0v) is 15.8. The Bertz CT molecular complexity index is 1030. The summed E-state index contributed by atoms with van der Waals surface area (Å²) in [6.45, 7) is 1.53. The Kier molecular flexibility index (Phi) is 4.50. The first-order valence-electron chi connectivity index (χ1n) is 8.90. The van der Waals surface area contributed by atoms with Gasteiger partial charge in [-0.05, 0) is 31.5 Å². The Morgan fingerprint density at radius 2 is 1.96 bits per heavy atom. The topological polar surface area (TPSA) is 60.1 Å². The summed E-state index contributed by atoms with van der Waals surface area (Å²) in [4.78, 5) is 31.5. The van der Waals surface area contributed by atoms with Crippen molar-refractivity contribution in [3.05, 3.63) is 61.9 Å². The van der Waals surface area contributed by atoms with Crippen LogP contribution in [0.1, 0.15) is 36.0 Å². The number of hydrogen-bond donors (Lipinski definition) is 0. The molecule has 1 aliphatic rings. The number of rotatable bonds is 3. The van der Waals surface area contributed by atoms with Gasteiger partial charge in [-0.25, -0.2) is 9.78 Å². The quantitative estimate of drug-likeness (QED) is 0.710. The van der Waals surface area contributed by atoms with Crippen molar-refractivity contribution in [2.45, 2.75) is 31.8 Å². The van der Waals surface area contributed by atoms with Crippen molar-refractivity contribution in [2.24, 2.45) is 14.1 Å². The minimum absolute atomic E-state index is 0.236. The molecule has 7 heteroatoms. The summed E-state index contributed by atoms with van der Waals surface area (Å²) in [5.74, 6) is 0. The smallest absolute Gasteiger partial charge is 0.299 e. The predicted octanol–water partition coefficient (Wildman–Crippen LogP) is 2.42. The first-order chi connectivity index (χ1) is 12.5. The van der Waals surface area contributed by atoms with E-state index >= 15 is 0 Å². The molecular formula is C19H22N4O2S. The van der Waals surface area contributed by atoms with Gasteiger partial charge >= 0.3 is 5.69 Å². The second kappa shape index (κ2) is 6.81. The summed E-state index contributed by atoms with van der Waals surface area (Å²) in [5.41, 5.74) is 1.27. The molecule has 1 fully saturated rings. The van der Waals surface area contributed by atoms with E-state index in [2.05, 4.69) is 11.0 Å². The van der Waals surface area contributed by atoms with Gasteiger partial charge in [0.25, 0.3) is 5.56 Å². The third-order valence-electron chi connectivity index (χ3n) is 5.20. The van der Waals surface area contributed by atoms with Crippen molar-refractivity contribution in [1.29, 1.82) is 0 Å². The largest absolute Gasteiger partial charge is 0.330 e. The van der Waals surface area contributed by atoms with Gasteiger partial charge in [-0.1, -0.05) is 18.6 Å². The molecule has 0 saturated carbocycles. The highest BCUT2D eigenvalue weighted by Crippen LogP contribution is 2.36. The molecule has 1 saturated heterocycles. The van der Waals surface area contributed by atoms with Crippen LogP contribution in [0.15, 0.2) is 39.9 Å². The Labute approximate surface area is 155 Å². The summed E-state index contributed by atoms with van der Waals surface area (Å²) >= 11 is 1.74. The lowest BCUT2D eigenvalue weighted by molar-refractivity contribution is 0.136. The van der Waals surface area contributed by atoms with E-state index in [9.17, 15) is 9.59 Å². The van der Waals surface area contributed by atoms with Gasteiger partial charge in [-0.15, -0.1) is 11.3 Å². The van der Waals surface area contributed by atoms with Gasteiger partial charge in [0.15, 0.2) is 0 Å². The second-order valence-corrected chi connectivity index (χ2v) is 7.94. The molecule has 136 valence electrons. The molecular weight excluding hydrogens is 348 g/mol. The van der Waals surface area contributed by atoms with Crippen LogP contribution in [0, 0.1) is 0 Å². The minimum Gasteiger partial charge on any atom is -0.299 e.